The summed E-state index contributed by atoms with van der Waals surface area (Å²) >= 11 is 5.93. The van der Waals surface area contributed by atoms with E-state index < -0.39 is 0 Å². The van der Waals surface area contributed by atoms with Gasteiger partial charge < -0.3 is 5.01 Å². The second-order valence-corrected chi connectivity index (χ2v) is 6.30. The number of imidazole rings is 1. The van der Waals surface area contributed by atoms with Crippen molar-refractivity contribution >= 4 is 22.6 Å². The van der Waals surface area contributed by atoms with Crippen molar-refractivity contribution < 1.29 is 4.39 Å². The van der Waals surface area contributed by atoms with Crippen LogP contribution in [0.1, 0.15) is 38.9 Å². The quantitative estimate of drug-likeness (QED) is 0.803. The van der Waals surface area contributed by atoms with Gasteiger partial charge in [0.05, 0.1) is 11.0 Å². The third kappa shape index (κ3) is 2.61. The molecule has 0 N–H and O–H groups in total. The van der Waals surface area contributed by atoms with Crippen molar-refractivity contribution in [3.8, 4) is 0 Å². The van der Waals surface area contributed by atoms with Gasteiger partial charge in [0.1, 0.15) is 11.6 Å². The molecular formula is C16H21ClFN3. The second-order valence-electron chi connectivity index (χ2n) is 5.92. The van der Waals surface area contributed by atoms with Crippen LogP contribution in [0.4, 0.5) is 4.39 Å². The number of benzene rings is 1. The number of halogens is 2. The SMILES string of the molecule is CC1CCCC(C)N1n1c(CCCl)nc2cc(F)ccc21. The molecule has 1 aliphatic rings. The molecule has 2 unspecified atom stereocenters. The van der Waals surface area contributed by atoms with E-state index in [1.54, 1.807) is 0 Å². The maximum Gasteiger partial charge on any atom is 0.130 e. The Bertz CT molecular complexity index is 630. The number of alkyl halides is 1. The van der Waals surface area contributed by atoms with Crippen molar-refractivity contribution in [1.82, 2.24) is 9.66 Å². The molecule has 2 heterocycles. The Kier molecular flexibility index (Phi) is 4.07. The van der Waals surface area contributed by atoms with Gasteiger partial charge in [0.15, 0.2) is 0 Å². The third-order valence-corrected chi connectivity index (χ3v) is 4.54. The van der Waals surface area contributed by atoms with Gasteiger partial charge in [-0.05, 0) is 45.2 Å². The summed E-state index contributed by atoms with van der Waals surface area (Å²) in [5, 5.41) is 2.39. The highest BCUT2D eigenvalue weighted by atomic mass is 35.5. The lowest BCUT2D eigenvalue weighted by Gasteiger charge is -2.42. The van der Waals surface area contributed by atoms with Crippen molar-refractivity contribution in [3.05, 3.63) is 29.8 Å². The summed E-state index contributed by atoms with van der Waals surface area (Å²) in [4.78, 5) is 4.60. The Hall–Kier alpha value is -1.29. The first-order valence-electron chi connectivity index (χ1n) is 7.63. The van der Waals surface area contributed by atoms with E-state index in [1.807, 2.05) is 6.07 Å². The molecule has 1 fully saturated rings. The predicted octanol–water partition coefficient (Wildman–Crippen LogP) is 3.86. The fraction of sp³-hybridized carbons (Fsp3) is 0.562. The van der Waals surface area contributed by atoms with E-state index in [0.29, 0.717) is 29.9 Å². The number of aromatic nitrogens is 2. The van der Waals surface area contributed by atoms with Crippen LogP contribution < -0.4 is 5.01 Å². The van der Waals surface area contributed by atoms with Crippen LogP contribution in [0, 0.1) is 5.82 Å². The Morgan fingerprint density at radius 3 is 2.67 bits per heavy atom. The number of piperidine rings is 1. The van der Waals surface area contributed by atoms with Crippen LogP contribution in [0.15, 0.2) is 18.2 Å². The molecular weight excluding hydrogens is 289 g/mol. The van der Waals surface area contributed by atoms with Gasteiger partial charge in [-0.1, -0.05) is 0 Å². The lowest BCUT2D eigenvalue weighted by molar-refractivity contribution is 0.336. The van der Waals surface area contributed by atoms with E-state index in [-0.39, 0.29) is 5.82 Å². The number of hydrogen-bond acceptors (Lipinski definition) is 2. The summed E-state index contributed by atoms with van der Waals surface area (Å²) < 4.78 is 15.6. The molecule has 3 nitrogen and oxygen atoms in total. The minimum Gasteiger partial charge on any atom is -0.306 e. The molecule has 5 heteroatoms. The summed E-state index contributed by atoms with van der Waals surface area (Å²) in [6, 6.07) is 5.73. The van der Waals surface area contributed by atoms with Gasteiger partial charge in [0.25, 0.3) is 0 Å². The topological polar surface area (TPSA) is 21.1 Å². The van der Waals surface area contributed by atoms with Crippen LogP contribution in [0.25, 0.3) is 11.0 Å². The van der Waals surface area contributed by atoms with Crippen LogP contribution in [0.2, 0.25) is 0 Å². The fourth-order valence-electron chi connectivity index (χ4n) is 3.40. The Morgan fingerprint density at radius 2 is 2.00 bits per heavy atom. The van der Waals surface area contributed by atoms with Crippen LogP contribution in [-0.2, 0) is 6.42 Å². The molecule has 0 bridgehead atoms. The molecule has 2 atom stereocenters. The smallest absolute Gasteiger partial charge is 0.130 e. The average molecular weight is 310 g/mol. The first-order chi connectivity index (χ1) is 10.1. The largest absolute Gasteiger partial charge is 0.306 e. The highest BCUT2D eigenvalue weighted by Crippen LogP contribution is 2.26. The first-order valence-corrected chi connectivity index (χ1v) is 8.16. The summed E-state index contributed by atoms with van der Waals surface area (Å²) in [7, 11) is 0. The number of hydrogen-bond donors (Lipinski definition) is 0. The van der Waals surface area contributed by atoms with Crippen molar-refractivity contribution in [3.63, 3.8) is 0 Å². The molecule has 1 aromatic carbocycles. The maximum atomic E-state index is 13.5. The lowest BCUT2D eigenvalue weighted by atomic mass is 10.00. The summed E-state index contributed by atoms with van der Waals surface area (Å²) in [6.45, 7) is 4.49. The summed E-state index contributed by atoms with van der Waals surface area (Å²) in [6.07, 6.45) is 4.29. The van der Waals surface area contributed by atoms with E-state index in [9.17, 15) is 4.39 Å². The van der Waals surface area contributed by atoms with Crippen molar-refractivity contribution in [1.29, 1.82) is 0 Å². The zero-order chi connectivity index (χ0) is 15.0. The van der Waals surface area contributed by atoms with Gasteiger partial charge >= 0.3 is 0 Å². The highest BCUT2D eigenvalue weighted by molar-refractivity contribution is 6.17. The second kappa shape index (κ2) is 5.84. The van der Waals surface area contributed by atoms with Crippen LogP contribution in [0.3, 0.4) is 0 Å². The number of fused-ring (bicyclic) bond motifs is 1. The van der Waals surface area contributed by atoms with E-state index >= 15 is 0 Å². The zero-order valence-corrected chi connectivity index (χ0v) is 13.3. The molecule has 0 aliphatic carbocycles. The minimum atomic E-state index is -0.246. The molecule has 1 saturated heterocycles. The Morgan fingerprint density at radius 1 is 1.29 bits per heavy atom. The predicted molar refractivity (Wildman–Crippen MR) is 85.1 cm³/mol. The number of aryl methyl sites for hydroxylation is 1. The number of nitrogens with zero attached hydrogens (tertiary/aromatic N) is 3. The molecule has 0 saturated carbocycles. The molecule has 0 amide bonds. The molecule has 1 aliphatic heterocycles. The van der Waals surface area contributed by atoms with E-state index in [0.717, 1.165) is 11.3 Å². The van der Waals surface area contributed by atoms with E-state index in [1.165, 1.54) is 31.4 Å². The van der Waals surface area contributed by atoms with Gasteiger partial charge in [-0.25, -0.2) is 14.1 Å². The third-order valence-electron chi connectivity index (χ3n) is 4.36. The zero-order valence-electron chi connectivity index (χ0n) is 12.5. The number of rotatable bonds is 3. The molecule has 0 spiro atoms. The van der Waals surface area contributed by atoms with Crippen LogP contribution in [-0.4, -0.2) is 27.6 Å². The normalized spacial score (nSPS) is 23.0. The molecule has 2 aromatic rings. The van der Waals surface area contributed by atoms with Gasteiger partial charge in [0.2, 0.25) is 0 Å². The Labute approximate surface area is 129 Å². The van der Waals surface area contributed by atoms with Crippen LogP contribution in [0.5, 0.6) is 0 Å². The van der Waals surface area contributed by atoms with Crippen LogP contribution >= 0.6 is 11.6 Å². The standard InChI is InChI=1S/C16H21ClFN3/c1-11-4-3-5-12(2)20(11)21-15-7-6-13(18)10-14(15)19-16(21)8-9-17/h6-7,10-12H,3-5,8-9H2,1-2H3. The molecule has 21 heavy (non-hydrogen) atoms. The molecule has 1 aromatic heterocycles. The lowest BCUT2D eigenvalue weighted by Crippen LogP contribution is -2.51. The van der Waals surface area contributed by atoms with Crippen molar-refractivity contribution in [2.24, 2.45) is 0 Å². The molecule has 0 radical (unpaired) electrons. The molecule has 114 valence electrons. The highest BCUT2D eigenvalue weighted by Gasteiger charge is 2.28. The maximum absolute atomic E-state index is 13.5. The van der Waals surface area contributed by atoms with Gasteiger partial charge in [0, 0.05) is 30.5 Å². The van der Waals surface area contributed by atoms with Gasteiger partial charge in [-0.2, -0.15) is 0 Å². The van der Waals surface area contributed by atoms with Gasteiger partial charge in [-0.15, -0.1) is 11.6 Å². The first kappa shape index (κ1) is 14.6. The van der Waals surface area contributed by atoms with E-state index in [2.05, 4.69) is 28.5 Å². The molecule has 3 rings (SSSR count). The summed E-state index contributed by atoms with van der Waals surface area (Å²) in [5.74, 6) is 1.19. The van der Waals surface area contributed by atoms with Crippen molar-refractivity contribution in [2.75, 3.05) is 10.9 Å². The van der Waals surface area contributed by atoms with E-state index in [4.69, 9.17) is 11.6 Å². The Balaban J connectivity index is 2.16. The minimum absolute atomic E-state index is 0.246. The summed E-state index contributed by atoms with van der Waals surface area (Å²) in [5.41, 5.74) is 1.68. The van der Waals surface area contributed by atoms with Crippen molar-refractivity contribution in [2.45, 2.75) is 51.6 Å². The monoisotopic (exact) mass is 309 g/mol. The van der Waals surface area contributed by atoms with Gasteiger partial charge in [-0.3, -0.25) is 0 Å². The average Bonchev–Trinajstić information content (AvgIpc) is 2.77. The fourth-order valence-corrected chi connectivity index (χ4v) is 3.57.